The summed E-state index contributed by atoms with van der Waals surface area (Å²) in [6.07, 6.45) is 1.27. The zero-order valence-electron chi connectivity index (χ0n) is 15.7. The minimum Gasteiger partial charge on any atom is -0.373 e. The van der Waals surface area contributed by atoms with Crippen LogP contribution >= 0.6 is 0 Å². The Bertz CT molecular complexity index is 707. The largest absolute Gasteiger partial charge is 0.373 e. The van der Waals surface area contributed by atoms with Gasteiger partial charge >= 0.3 is 0 Å². The molecule has 0 saturated carbocycles. The van der Waals surface area contributed by atoms with Crippen molar-refractivity contribution in [3.05, 3.63) is 71.3 Å². The zero-order valence-corrected chi connectivity index (χ0v) is 15.7. The Kier molecular flexibility index (Phi) is 6.42. The first-order valence-electron chi connectivity index (χ1n) is 9.39. The lowest BCUT2D eigenvalue weighted by Crippen LogP contribution is -2.47. The summed E-state index contributed by atoms with van der Waals surface area (Å²) in [5, 5.41) is 3.08. The number of rotatable bonds is 6. The number of hydrogen-bond donors (Lipinski definition) is 1. The van der Waals surface area contributed by atoms with Crippen molar-refractivity contribution < 1.29 is 9.53 Å². The van der Waals surface area contributed by atoms with Gasteiger partial charge in [-0.1, -0.05) is 48.5 Å². The van der Waals surface area contributed by atoms with Crippen LogP contribution in [0.1, 0.15) is 35.3 Å². The molecule has 2 aromatic carbocycles. The molecule has 0 spiro atoms. The number of carbonyl (C=O) groups excluding carboxylic acids is 1. The van der Waals surface area contributed by atoms with Crippen molar-refractivity contribution in [2.24, 2.45) is 0 Å². The van der Waals surface area contributed by atoms with E-state index in [1.807, 2.05) is 42.5 Å². The summed E-state index contributed by atoms with van der Waals surface area (Å²) in [7, 11) is 0. The van der Waals surface area contributed by atoms with Gasteiger partial charge in [-0.2, -0.15) is 0 Å². The van der Waals surface area contributed by atoms with E-state index in [4.69, 9.17) is 4.74 Å². The quantitative estimate of drug-likeness (QED) is 0.868. The number of morpholine rings is 1. The minimum absolute atomic E-state index is 0.00545. The van der Waals surface area contributed by atoms with Crippen LogP contribution in [0.4, 0.5) is 0 Å². The standard InChI is InChI=1S/C22H28N2O2/c1-17-15-24(16-18(2)26-17)13-12-23-22(25)21-11-7-6-10-20(21)14-19-8-4-3-5-9-19/h3-11,17-18H,12-16H2,1-2H3,(H,23,25). The SMILES string of the molecule is CC1CN(CCNC(=O)c2ccccc2Cc2ccccc2)CC(C)O1. The number of carbonyl (C=O) groups is 1. The van der Waals surface area contributed by atoms with Gasteiger partial charge in [-0.15, -0.1) is 0 Å². The summed E-state index contributed by atoms with van der Waals surface area (Å²) in [5.41, 5.74) is 3.04. The second kappa shape index (κ2) is 8.97. The molecular weight excluding hydrogens is 324 g/mol. The van der Waals surface area contributed by atoms with Crippen LogP contribution in [0.25, 0.3) is 0 Å². The van der Waals surface area contributed by atoms with E-state index >= 15 is 0 Å². The van der Waals surface area contributed by atoms with Crippen molar-refractivity contribution in [3.8, 4) is 0 Å². The van der Waals surface area contributed by atoms with Crippen LogP contribution in [0.2, 0.25) is 0 Å². The first-order chi connectivity index (χ1) is 12.6. The van der Waals surface area contributed by atoms with Gasteiger partial charge in [0.05, 0.1) is 12.2 Å². The molecule has 3 rings (SSSR count). The van der Waals surface area contributed by atoms with Crippen LogP contribution in [0, 0.1) is 0 Å². The van der Waals surface area contributed by atoms with Crippen molar-refractivity contribution in [1.29, 1.82) is 0 Å². The van der Waals surface area contributed by atoms with Gasteiger partial charge in [0.2, 0.25) is 0 Å². The molecule has 0 radical (unpaired) electrons. The van der Waals surface area contributed by atoms with Crippen molar-refractivity contribution in [2.75, 3.05) is 26.2 Å². The molecule has 1 aliphatic heterocycles. The summed E-state index contributed by atoms with van der Waals surface area (Å²) >= 11 is 0. The molecule has 1 N–H and O–H groups in total. The Balaban J connectivity index is 1.56. The Morgan fingerprint density at radius 3 is 2.42 bits per heavy atom. The van der Waals surface area contributed by atoms with Crippen LogP contribution in [-0.2, 0) is 11.2 Å². The molecule has 1 aliphatic rings. The summed E-state index contributed by atoms with van der Waals surface area (Å²) in [4.78, 5) is 15.0. The highest BCUT2D eigenvalue weighted by atomic mass is 16.5. The van der Waals surface area contributed by atoms with Gasteiger partial charge in [0.15, 0.2) is 0 Å². The highest BCUT2D eigenvalue weighted by Crippen LogP contribution is 2.14. The van der Waals surface area contributed by atoms with Gasteiger partial charge in [-0.25, -0.2) is 0 Å². The summed E-state index contributed by atoms with van der Waals surface area (Å²) in [5.74, 6) is 0.00545. The Hall–Kier alpha value is -2.17. The molecule has 1 amide bonds. The third-order valence-corrected chi connectivity index (χ3v) is 4.71. The average molecular weight is 352 g/mol. The number of amides is 1. The van der Waals surface area contributed by atoms with E-state index in [-0.39, 0.29) is 18.1 Å². The van der Waals surface area contributed by atoms with E-state index in [0.29, 0.717) is 6.54 Å². The van der Waals surface area contributed by atoms with E-state index in [1.54, 1.807) is 0 Å². The molecule has 138 valence electrons. The highest BCUT2D eigenvalue weighted by molar-refractivity contribution is 5.95. The maximum atomic E-state index is 12.7. The second-order valence-corrected chi connectivity index (χ2v) is 7.09. The van der Waals surface area contributed by atoms with Gasteiger partial charge in [0.1, 0.15) is 0 Å². The zero-order chi connectivity index (χ0) is 18.4. The fraction of sp³-hybridized carbons (Fsp3) is 0.409. The monoisotopic (exact) mass is 352 g/mol. The van der Waals surface area contributed by atoms with Gasteiger partial charge < -0.3 is 10.1 Å². The Morgan fingerprint density at radius 2 is 1.69 bits per heavy atom. The van der Waals surface area contributed by atoms with Crippen molar-refractivity contribution >= 4 is 5.91 Å². The number of benzene rings is 2. The molecule has 1 fully saturated rings. The van der Waals surface area contributed by atoms with E-state index in [9.17, 15) is 4.79 Å². The van der Waals surface area contributed by atoms with E-state index in [2.05, 4.69) is 36.2 Å². The van der Waals surface area contributed by atoms with Crippen LogP contribution < -0.4 is 5.32 Å². The van der Waals surface area contributed by atoms with Crippen molar-refractivity contribution in [1.82, 2.24) is 10.2 Å². The van der Waals surface area contributed by atoms with E-state index in [0.717, 1.165) is 37.2 Å². The van der Waals surface area contributed by atoms with Gasteiger partial charge in [0.25, 0.3) is 5.91 Å². The number of nitrogens with one attached hydrogen (secondary N) is 1. The third-order valence-electron chi connectivity index (χ3n) is 4.71. The number of nitrogens with zero attached hydrogens (tertiary/aromatic N) is 1. The second-order valence-electron chi connectivity index (χ2n) is 7.09. The maximum Gasteiger partial charge on any atom is 0.251 e. The molecule has 1 heterocycles. The lowest BCUT2D eigenvalue weighted by Gasteiger charge is -2.35. The first kappa shape index (κ1) is 18.6. The van der Waals surface area contributed by atoms with Crippen molar-refractivity contribution in [3.63, 3.8) is 0 Å². The van der Waals surface area contributed by atoms with Gasteiger partial charge in [0, 0.05) is 31.7 Å². The average Bonchev–Trinajstić information content (AvgIpc) is 2.62. The molecule has 0 aliphatic carbocycles. The van der Waals surface area contributed by atoms with Crippen LogP contribution in [0.15, 0.2) is 54.6 Å². The minimum atomic E-state index is 0.00545. The molecule has 2 aromatic rings. The lowest BCUT2D eigenvalue weighted by atomic mass is 9.99. The molecule has 0 aromatic heterocycles. The molecule has 2 atom stereocenters. The summed E-state index contributed by atoms with van der Waals surface area (Å²) < 4.78 is 5.76. The Morgan fingerprint density at radius 1 is 1.04 bits per heavy atom. The van der Waals surface area contributed by atoms with Crippen LogP contribution in [0.5, 0.6) is 0 Å². The first-order valence-corrected chi connectivity index (χ1v) is 9.39. The molecule has 4 nitrogen and oxygen atoms in total. The predicted molar refractivity (Wildman–Crippen MR) is 104 cm³/mol. The summed E-state index contributed by atoms with van der Waals surface area (Å²) in [6.45, 7) is 7.54. The van der Waals surface area contributed by atoms with Crippen LogP contribution in [0.3, 0.4) is 0 Å². The fourth-order valence-electron chi connectivity index (χ4n) is 3.60. The maximum absolute atomic E-state index is 12.7. The summed E-state index contributed by atoms with van der Waals surface area (Å²) in [6, 6.07) is 18.1. The number of ether oxygens (including phenoxy) is 1. The molecule has 4 heteroatoms. The number of hydrogen-bond acceptors (Lipinski definition) is 3. The normalized spacial score (nSPS) is 20.7. The van der Waals surface area contributed by atoms with Crippen LogP contribution in [-0.4, -0.2) is 49.2 Å². The van der Waals surface area contributed by atoms with Crippen molar-refractivity contribution in [2.45, 2.75) is 32.5 Å². The van der Waals surface area contributed by atoms with Gasteiger partial charge in [-0.05, 0) is 37.5 Å². The Labute approximate surface area is 156 Å². The smallest absolute Gasteiger partial charge is 0.251 e. The van der Waals surface area contributed by atoms with E-state index < -0.39 is 0 Å². The molecule has 2 unspecified atom stereocenters. The molecule has 26 heavy (non-hydrogen) atoms. The molecular formula is C22H28N2O2. The van der Waals surface area contributed by atoms with E-state index in [1.165, 1.54) is 5.56 Å². The highest BCUT2D eigenvalue weighted by Gasteiger charge is 2.21. The molecule has 1 saturated heterocycles. The predicted octanol–water partition coefficient (Wildman–Crippen LogP) is 3.12. The lowest BCUT2D eigenvalue weighted by molar-refractivity contribution is -0.0672. The van der Waals surface area contributed by atoms with Gasteiger partial charge in [-0.3, -0.25) is 9.69 Å². The third kappa shape index (κ3) is 5.16. The topological polar surface area (TPSA) is 41.6 Å². The molecule has 0 bridgehead atoms. The fourth-order valence-corrected chi connectivity index (χ4v) is 3.60.